The zero-order valence-corrected chi connectivity index (χ0v) is 14.1. The molecule has 0 spiro atoms. The van der Waals surface area contributed by atoms with Gasteiger partial charge in [0.25, 0.3) is 0 Å². The quantitative estimate of drug-likeness (QED) is 0.310. The van der Waals surface area contributed by atoms with Crippen molar-refractivity contribution in [1.29, 1.82) is 0 Å². The van der Waals surface area contributed by atoms with Crippen molar-refractivity contribution < 1.29 is 0 Å². The Labute approximate surface area is 180 Å². The van der Waals surface area contributed by atoms with Crippen LogP contribution in [-0.2, 0) is 0 Å². The second kappa shape index (κ2) is 7.61. The Morgan fingerprint density at radius 1 is 0.444 bits per heavy atom. The van der Waals surface area contributed by atoms with Gasteiger partial charge >= 0.3 is 29.6 Å². The molecule has 5 aromatic rings. The van der Waals surface area contributed by atoms with Crippen molar-refractivity contribution in [2.45, 2.75) is 0 Å². The summed E-state index contributed by atoms with van der Waals surface area (Å²) in [6.07, 6.45) is 3.75. The average molecular weight is 356 g/mol. The molecule has 0 atom stereocenters. The van der Waals surface area contributed by atoms with E-state index in [1.165, 1.54) is 22.3 Å². The van der Waals surface area contributed by atoms with Gasteiger partial charge in [0.05, 0.1) is 11.0 Å². The number of rotatable bonds is 2. The monoisotopic (exact) mass is 356 g/mol. The predicted molar refractivity (Wildman–Crippen MR) is 115 cm³/mol. The minimum absolute atomic E-state index is 0. The van der Waals surface area contributed by atoms with Gasteiger partial charge in [-0.15, -0.1) is 0 Å². The summed E-state index contributed by atoms with van der Waals surface area (Å²) in [7, 11) is 0. The van der Waals surface area contributed by atoms with Crippen molar-refractivity contribution in [2.24, 2.45) is 0 Å². The molecule has 0 bridgehead atoms. The van der Waals surface area contributed by atoms with E-state index in [0.29, 0.717) is 0 Å². The van der Waals surface area contributed by atoms with Gasteiger partial charge in [-0.1, -0.05) is 72.8 Å². The molecule has 2 heterocycles. The van der Waals surface area contributed by atoms with Crippen LogP contribution in [0.25, 0.3) is 44.1 Å². The smallest absolute Gasteiger partial charge is 0.0970 e. The van der Waals surface area contributed by atoms with E-state index >= 15 is 0 Å². The van der Waals surface area contributed by atoms with Gasteiger partial charge in [0.1, 0.15) is 0 Å². The number of pyridine rings is 2. The van der Waals surface area contributed by atoms with Crippen LogP contribution in [0.15, 0.2) is 97.3 Å². The zero-order chi connectivity index (χ0) is 17.3. The van der Waals surface area contributed by atoms with E-state index in [1.54, 1.807) is 0 Å². The number of hydrogen-bond donors (Lipinski definition) is 0. The van der Waals surface area contributed by atoms with Crippen molar-refractivity contribution >= 4 is 51.4 Å². The van der Waals surface area contributed by atoms with Crippen molar-refractivity contribution in [2.75, 3.05) is 0 Å². The summed E-state index contributed by atoms with van der Waals surface area (Å²) in [6, 6.07) is 29.3. The Morgan fingerprint density at radius 3 is 1.26 bits per heavy atom. The largest absolute Gasteiger partial charge is 0.254 e. The van der Waals surface area contributed by atoms with Gasteiger partial charge in [0.2, 0.25) is 0 Å². The number of benzene rings is 3. The van der Waals surface area contributed by atoms with Gasteiger partial charge in [-0.05, 0) is 34.4 Å². The maximum Gasteiger partial charge on any atom is 0.0970 e. The van der Waals surface area contributed by atoms with Crippen molar-refractivity contribution in [1.82, 2.24) is 9.97 Å². The third kappa shape index (κ3) is 3.17. The van der Waals surface area contributed by atoms with Gasteiger partial charge in [-0.25, -0.2) is 0 Å². The van der Waals surface area contributed by atoms with Gasteiger partial charge in [0, 0.05) is 23.2 Å². The van der Waals surface area contributed by atoms with E-state index in [0.717, 1.165) is 21.8 Å². The Morgan fingerprint density at radius 2 is 0.852 bits per heavy atom. The van der Waals surface area contributed by atoms with E-state index in [4.69, 9.17) is 0 Å². The fourth-order valence-electron chi connectivity index (χ4n) is 3.57. The molecule has 3 aromatic carbocycles. The zero-order valence-electron chi connectivity index (χ0n) is 14.1. The van der Waals surface area contributed by atoms with E-state index < -0.39 is 0 Å². The molecule has 0 saturated heterocycles. The van der Waals surface area contributed by atoms with E-state index in [-0.39, 0.29) is 29.6 Å². The minimum Gasteiger partial charge on any atom is -0.254 e. The molecule has 2 nitrogen and oxygen atoms in total. The fourth-order valence-corrected chi connectivity index (χ4v) is 3.57. The molecule has 124 valence electrons. The topological polar surface area (TPSA) is 25.8 Å². The maximum absolute atomic E-state index is 4.67. The molecule has 0 aliphatic heterocycles. The number of hydrogen-bond acceptors (Lipinski definition) is 2. The van der Waals surface area contributed by atoms with Crippen LogP contribution in [0, 0.1) is 0 Å². The third-order valence-corrected chi connectivity index (χ3v) is 4.79. The van der Waals surface area contributed by atoms with Crippen LogP contribution in [-0.4, -0.2) is 39.5 Å². The Bertz CT molecular complexity index is 1120. The summed E-state index contributed by atoms with van der Waals surface area (Å²) in [4.78, 5) is 9.34. The maximum atomic E-state index is 4.67. The Hall–Kier alpha value is -2.52. The molecule has 5 rings (SSSR count). The number of fused-ring (bicyclic) bond motifs is 3. The predicted octanol–water partition coefficient (Wildman–Crippen LogP) is 5.47. The first-order chi connectivity index (χ1) is 12.9. The van der Waals surface area contributed by atoms with E-state index in [2.05, 4.69) is 82.8 Å². The van der Waals surface area contributed by atoms with Gasteiger partial charge in [-0.2, -0.15) is 0 Å². The third-order valence-electron chi connectivity index (χ3n) is 4.79. The first-order valence-corrected chi connectivity index (χ1v) is 8.69. The van der Waals surface area contributed by atoms with Gasteiger partial charge in [-0.3, -0.25) is 9.97 Å². The van der Waals surface area contributed by atoms with E-state index in [1.807, 2.05) is 24.5 Å². The summed E-state index contributed by atoms with van der Waals surface area (Å²) >= 11 is 0. The summed E-state index contributed by atoms with van der Waals surface area (Å²) in [5, 5.41) is 2.26. The molecular weight excluding hydrogens is 339 g/mol. The molecule has 0 aliphatic carbocycles. The first kappa shape index (κ1) is 17.9. The van der Waals surface area contributed by atoms with Crippen LogP contribution < -0.4 is 0 Å². The van der Waals surface area contributed by atoms with Crippen LogP contribution in [0.2, 0.25) is 0 Å². The summed E-state index contributed by atoms with van der Waals surface area (Å²) in [6.45, 7) is 0. The van der Waals surface area contributed by atoms with Crippen molar-refractivity contribution in [3.05, 3.63) is 97.3 Å². The van der Waals surface area contributed by atoms with E-state index in [9.17, 15) is 0 Å². The molecule has 0 saturated carbocycles. The fraction of sp³-hybridized carbons (Fsp3) is 0. The molecule has 0 radical (unpaired) electrons. The molecule has 3 heteroatoms. The Kier molecular flexibility index (Phi) is 5.04. The molecule has 0 amide bonds. The van der Waals surface area contributed by atoms with Crippen LogP contribution in [0.1, 0.15) is 0 Å². The molecule has 0 aliphatic rings. The molecule has 27 heavy (non-hydrogen) atoms. The molecule has 0 unspecified atom stereocenters. The van der Waals surface area contributed by atoms with Crippen LogP contribution >= 0.6 is 0 Å². The van der Waals surface area contributed by atoms with Gasteiger partial charge < -0.3 is 0 Å². The minimum atomic E-state index is 0. The van der Waals surface area contributed by atoms with Crippen molar-refractivity contribution in [3.63, 3.8) is 0 Å². The summed E-state index contributed by atoms with van der Waals surface area (Å²) in [5.74, 6) is 0. The summed E-state index contributed by atoms with van der Waals surface area (Å²) in [5.41, 5.74) is 6.65. The number of nitrogens with zero attached hydrogens (tertiary/aromatic N) is 2. The first-order valence-electron chi connectivity index (χ1n) is 8.69. The molecule has 2 aromatic heterocycles. The SMILES string of the molecule is [NaH].c1ccc(-c2ccnc3c2ccc2c(-c4ccccc4)ccnc23)cc1. The molecular formula is C24H17N2Na. The van der Waals surface area contributed by atoms with Gasteiger partial charge in [0.15, 0.2) is 0 Å². The average Bonchev–Trinajstić information content (AvgIpc) is 2.74. The second-order valence-corrected chi connectivity index (χ2v) is 6.31. The number of aromatic nitrogens is 2. The standard InChI is InChI=1S/C24H16N2.Na.H/c1-3-7-17(8-4-1)19-13-15-25-23-21(19)11-12-22-20(14-16-26-24(22)23)18-9-5-2-6-10-18;;/h1-16H;;. The van der Waals surface area contributed by atoms with Crippen molar-refractivity contribution in [3.8, 4) is 22.3 Å². The normalized spacial score (nSPS) is 10.7. The van der Waals surface area contributed by atoms with Crippen LogP contribution in [0.3, 0.4) is 0 Å². The second-order valence-electron chi connectivity index (χ2n) is 6.31. The Balaban J connectivity index is 0.00000180. The summed E-state index contributed by atoms with van der Waals surface area (Å²) < 4.78 is 0. The van der Waals surface area contributed by atoms with Crippen LogP contribution in [0.4, 0.5) is 0 Å². The molecule has 0 N–H and O–H groups in total. The van der Waals surface area contributed by atoms with Crippen LogP contribution in [0.5, 0.6) is 0 Å². The molecule has 0 fully saturated rings.